The Morgan fingerprint density at radius 3 is 1.84 bits per heavy atom. The minimum atomic E-state index is 0.403. The van der Waals surface area contributed by atoms with E-state index in [2.05, 4.69) is 56.8 Å². The fraction of sp³-hybridized carbons (Fsp3) is 1.00. The summed E-state index contributed by atoms with van der Waals surface area (Å²) in [6, 6.07) is 0. The Labute approximate surface area is 121 Å². The van der Waals surface area contributed by atoms with Crippen LogP contribution in [0.3, 0.4) is 0 Å². The molecular formula is C16H37N3. The first-order chi connectivity index (χ1) is 9.05. The van der Waals surface area contributed by atoms with Gasteiger partial charge >= 0.3 is 0 Å². The molecule has 0 spiro atoms. The molecule has 0 rings (SSSR count). The van der Waals surface area contributed by atoms with Crippen LogP contribution in [0.25, 0.3) is 0 Å². The summed E-state index contributed by atoms with van der Waals surface area (Å²) in [6.07, 6.45) is 2.52. The van der Waals surface area contributed by atoms with E-state index in [4.69, 9.17) is 0 Å². The van der Waals surface area contributed by atoms with Gasteiger partial charge in [-0.25, -0.2) is 0 Å². The van der Waals surface area contributed by atoms with Crippen LogP contribution in [0.4, 0.5) is 0 Å². The molecule has 0 aliphatic heterocycles. The van der Waals surface area contributed by atoms with Crippen molar-refractivity contribution < 1.29 is 0 Å². The Morgan fingerprint density at radius 1 is 0.895 bits per heavy atom. The molecule has 0 aromatic rings. The van der Waals surface area contributed by atoms with E-state index in [0.29, 0.717) is 5.41 Å². The van der Waals surface area contributed by atoms with Gasteiger partial charge in [0.1, 0.15) is 0 Å². The van der Waals surface area contributed by atoms with Crippen molar-refractivity contribution in [2.45, 2.75) is 47.5 Å². The van der Waals surface area contributed by atoms with Crippen LogP contribution in [0.15, 0.2) is 0 Å². The molecule has 0 aromatic carbocycles. The van der Waals surface area contributed by atoms with Gasteiger partial charge in [0.25, 0.3) is 0 Å². The Kier molecular flexibility index (Phi) is 10.6. The van der Waals surface area contributed by atoms with Crippen LogP contribution < -0.4 is 5.32 Å². The molecule has 0 fully saturated rings. The lowest BCUT2D eigenvalue weighted by Crippen LogP contribution is -2.42. The molecule has 3 nitrogen and oxygen atoms in total. The van der Waals surface area contributed by atoms with Crippen LogP contribution >= 0.6 is 0 Å². The van der Waals surface area contributed by atoms with E-state index in [9.17, 15) is 0 Å². The quantitative estimate of drug-likeness (QED) is 0.589. The molecule has 0 heterocycles. The number of nitrogens with zero attached hydrogens (tertiary/aromatic N) is 2. The van der Waals surface area contributed by atoms with Gasteiger partial charge in [0.15, 0.2) is 0 Å². The average Bonchev–Trinajstić information content (AvgIpc) is 2.42. The Balaban J connectivity index is 4.12. The van der Waals surface area contributed by atoms with Gasteiger partial charge in [-0.05, 0) is 58.0 Å². The minimum absolute atomic E-state index is 0.403. The van der Waals surface area contributed by atoms with Gasteiger partial charge in [0.2, 0.25) is 0 Å². The van der Waals surface area contributed by atoms with Crippen molar-refractivity contribution in [3.8, 4) is 0 Å². The Hall–Kier alpha value is -0.120. The van der Waals surface area contributed by atoms with Gasteiger partial charge < -0.3 is 15.1 Å². The third-order valence-electron chi connectivity index (χ3n) is 4.35. The molecule has 19 heavy (non-hydrogen) atoms. The van der Waals surface area contributed by atoms with Crippen LogP contribution in [0, 0.1) is 5.41 Å². The third-order valence-corrected chi connectivity index (χ3v) is 4.35. The lowest BCUT2D eigenvalue weighted by molar-refractivity contribution is 0.155. The van der Waals surface area contributed by atoms with Crippen LogP contribution in [-0.4, -0.2) is 62.7 Å². The minimum Gasteiger partial charge on any atom is -0.319 e. The highest BCUT2D eigenvalue weighted by Gasteiger charge is 2.23. The molecule has 0 aromatic heterocycles. The Bertz CT molecular complexity index is 204. The molecular weight excluding hydrogens is 234 g/mol. The number of hydrogen-bond donors (Lipinski definition) is 1. The normalized spacial score (nSPS) is 15.2. The second kappa shape index (κ2) is 10.6. The second-order valence-corrected chi connectivity index (χ2v) is 5.94. The molecule has 0 radical (unpaired) electrons. The van der Waals surface area contributed by atoms with E-state index in [-0.39, 0.29) is 0 Å². The molecule has 0 aliphatic rings. The van der Waals surface area contributed by atoms with Gasteiger partial charge in [-0.3, -0.25) is 0 Å². The predicted octanol–water partition coefficient (Wildman–Crippen LogP) is 2.68. The SMILES string of the molecule is CCN(CC)CCCN(CC)CC(C)(CC)CNC. The lowest BCUT2D eigenvalue weighted by atomic mass is 9.86. The van der Waals surface area contributed by atoms with Crippen molar-refractivity contribution >= 4 is 0 Å². The average molecular weight is 271 g/mol. The number of rotatable bonds is 12. The maximum absolute atomic E-state index is 3.35. The summed E-state index contributed by atoms with van der Waals surface area (Å²) in [6.45, 7) is 19.8. The zero-order chi connectivity index (χ0) is 14.7. The van der Waals surface area contributed by atoms with Crippen molar-refractivity contribution in [1.82, 2.24) is 15.1 Å². The van der Waals surface area contributed by atoms with Crippen molar-refractivity contribution in [3.63, 3.8) is 0 Å². The van der Waals surface area contributed by atoms with Crippen LogP contribution in [-0.2, 0) is 0 Å². The third kappa shape index (κ3) is 7.91. The van der Waals surface area contributed by atoms with E-state index in [0.717, 1.165) is 13.1 Å². The summed E-state index contributed by atoms with van der Waals surface area (Å²) in [7, 11) is 2.06. The van der Waals surface area contributed by atoms with Crippen LogP contribution in [0.2, 0.25) is 0 Å². The molecule has 0 saturated carbocycles. The number of nitrogens with one attached hydrogen (secondary N) is 1. The molecule has 3 heteroatoms. The van der Waals surface area contributed by atoms with Crippen molar-refractivity contribution in [2.75, 3.05) is 52.9 Å². The van der Waals surface area contributed by atoms with E-state index >= 15 is 0 Å². The summed E-state index contributed by atoms with van der Waals surface area (Å²) in [5.41, 5.74) is 0.403. The fourth-order valence-electron chi connectivity index (χ4n) is 2.67. The second-order valence-electron chi connectivity index (χ2n) is 5.94. The maximum atomic E-state index is 3.35. The molecule has 1 atom stereocenters. The molecule has 1 unspecified atom stereocenters. The summed E-state index contributed by atoms with van der Waals surface area (Å²) < 4.78 is 0. The summed E-state index contributed by atoms with van der Waals surface area (Å²) >= 11 is 0. The number of hydrogen-bond acceptors (Lipinski definition) is 3. The van der Waals surface area contributed by atoms with E-state index in [1.807, 2.05) is 0 Å². The van der Waals surface area contributed by atoms with Gasteiger partial charge in [-0.2, -0.15) is 0 Å². The molecule has 116 valence electrons. The topological polar surface area (TPSA) is 18.5 Å². The largest absolute Gasteiger partial charge is 0.319 e. The van der Waals surface area contributed by atoms with Crippen LogP contribution in [0.5, 0.6) is 0 Å². The zero-order valence-electron chi connectivity index (χ0n) is 14.3. The monoisotopic (exact) mass is 271 g/mol. The Morgan fingerprint density at radius 2 is 1.42 bits per heavy atom. The standard InChI is InChI=1S/C16H37N3/c1-7-16(5,14-17-6)15-19(10-4)13-11-12-18(8-2)9-3/h17H,7-15H2,1-6H3. The summed E-state index contributed by atoms with van der Waals surface area (Å²) in [5.74, 6) is 0. The molecule has 0 saturated heterocycles. The van der Waals surface area contributed by atoms with Gasteiger partial charge in [0, 0.05) is 13.1 Å². The van der Waals surface area contributed by atoms with Gasteiger partial charge in [-0.1, -0.05) is 34.6 Å². The first-order valence-electron chi connectivity index (χ1n) is 8.14. The highest BCUT2D eigenvalue weighted by molar-refractivity contribution is 4.79. The lowest BCUT2D eigenvalue weighted by Gasteiger charge is -2.34. The van der Waals surface area contributed by atoms with Crippen molar-refractivity contribution in [2.24, 2.45) is 5.41 Å². The highest BCUT2D eigenvalue weighted by Crippen LogP contribution is 2.21. The van der Waals surface area contributed by atoms with E-state index < -0.39 is 0 Å². The first kappa shape index (κ1) is 18.9. The fourth-order valence-corrected chi connectivity index (χ4v) is 2.67. The summed E-state index contributed by atoms with van der Waals surface area (Å²) in [5, 5.41) is 3.35. The molecule has 0 bridgehead atoms. The predicted molar refractivity (Wildman–Crippen MR) is 86.8 cm³/mol. The van der Waals surface area contributed by atoms with Crippen molar-refractivity contribution in [3.05, 3.63) is 0 Å². The molecule has 1 N–H and O–H groups in total. The van der Waals surface area contributed by atoms with E-state index in [1.54, 1.807) is 0 Å². The zero-order valence-corrected chi connectivity index (χ0v) is 14.3. The van der Waals surface area contributed by atoms with Gasteiger partial charge in [-0.15, -0.1) is 0 Å². The van der Waals surface area contributed by atoms with E-state index in [1.165, 1.54) is 45.6 Å². The molecule has 0 aliphatic carbocycles. The smallest absolute Gasteiger partial charge is 0.00473 e. The maximum Gasteiger partial charge on any atom is 0.00473 e. The molecule has 0 amide bonds. The first-order valence-corrected chi connectivity index (χ1v) is 8.14. The van der Waals surface area contributed by atoms with Crippen LogP contribution in [0.1, 0.15) is 47.5 Å². The summed E-state index contributed by atoms with van der Waals surface area (Å²) in [4.78, 5) is 5.13. The van der Waals surface area contributed by atoms with Crippen molar-refractivity contribution in [1.29, 1.82) is 0 Å². The van der Waals surface area contributed by atoms with Gasteiger partial charge in [0.05, 0.1) is 0 Å². The highest BCUT2D eigenvalue weighted by atomic mass is 15.1.